The molecule has 2 rings (SSSR count). The molecule has 1 aliphatic rings. The first-order valence-electron chi connectivity index (χ1n) is 6.11. The lowest BCUT2D eigenvalue weighted by Crippen LogP contribution is -2.22. The summed E-state index contributed by atoms with van der Waals surface area (Å²) in [4.78, 5) is 0. The maximum atomic E-state index is 11.4. The van der Waals surface area contributed by atoms with Crippen LogP contribution >= 0.6 is 0 Å². The standard InChI is InChI=1S/C10H18N4O3S/c1-2-6-14-9(8-5-3-4-7-17-8)12-13-10(14)18(11,15)16/h8H,2-7H2,1H3,(H2,11,15,16). The van der Waals surface area contributed by atoms with Crippen LogP contribution in [0.15, 0.2) is 5.16 Å². The quantitative estimate of drug-likeness (QED) is 0.865. The van der Waals surface area contributed by atoms with E-state index in [0.717, 1.165) is 25.7 Å². The van der Waals surface area contributed by atoms with Gasteiger partial charge in [-0.3, -0.25) is 4.57 Å². The van der Waals surface area contributed by atoms with Crippen LogP contribution in [0, 0.1) is 0 Å². The molecule has 1 aromatic rings. The Kier molecular flexibility index (Phi) is 3.98. The second-order valence-corrected chi connectivity index (χ2v) is 5.85. The first kappa shape index (κ1) is 13.4. The zero-order chi connectivity index (χ0) is 13.2. The molecule has 1 unspecified atom stereocenters. The van der Waals surface area contributed by atoms with Crippen molar-refractivity contribution in [2.24, 2.45) is 5.14 Å². The normalized spacial score (nSPS) is 21.1. The van der Waals surface area contributed by atoms with Crippen molar-refractivity contribution < 1.29 is 13.2 Å². The van der Waals surface area contributed by atoms with Gasteiger partial charge in [0.05, 0.1) is 0 Å². The van der Waals surface area contributed by atoms with Crippen LogP contribution in [0.25, 0.3) is 0 Å². The second kappa shape index (κ2) is 5.33. The molecule has 7 nitrogen and oxygen atoms in total. The number of aromatic nitrogens is 3. The Morgan fingerprint density at radius 1 is 1.44 bits per heavy atom. The molecule has 1 aliphatic heterocycles. The van der Waals surface area contributed by atoms with E-state index in [1.165, 1.54) is 0 Å². The van der Waals surface area contributed by atoms with Crippen molar-refractivity contribution in [2.45, 2.75) is 50.4 Å². The largest absolute Gasteiger partial charge is 0.370 e. The van der Waals surface area contributed by atoms with E-state index in [9.17, 15) is 8.42 Å². The van der Waals surface area contributed by atoms with Gasteiger partial charge in [-0.25, -0.2) is 13.6 Å². The van der Waals surface area contributed by atoms with Gasteiger partial charge in [-0.15, -0.1) is 10.2 Å². The molecule has 0 bridgehead atoms. The van der Waals surface area contributed by atoms with Gasteiger partial charge in [0.1, 0.15) is 6.10 Å². The van der Waals surface area contributed by atoms with Crippen LogP contribution in [-0.4, -0.2) is 29.8 Å². The molecule has 0 amide bonds. The van der Waals surface area contributed by atoms with Crippen LogP contribution in [-0.2, 0) is 21.3 Å². The van der Waals surface area contributed by atoms with Crippen molar-refractivity contribution in [3.05, 3.63) is 5.82 Å². The minimum atomic E-state index is -3.84. The highest BCUT2D eigenvalue weighted by atomic mass is 32.2. The predicted molar refractivity (Wildman–Crippen MR) is 64.2 cm³/mol. The summed E-state index contributed by atoms with van der Waals surface area (Å²) in [5.41, 5.74) is 0. The summed E-state index contributed by atoms with van der Waals surface area (Å²) in [7, 11) is -3.84. The van der Waals surface area contributed by atoms with Crippen LogP contribution in [0.1, 0.15) is 44.5 Å². The van der Waals surface area contributed by atoms with Gasteiger partial charge in [0.25, 0.3) is 15.2 Å². The molecule has 1 atom stereocenters. The first-order chi connectivity index (χ1) is 8.54. The molecule has 18 heavy (non-hydrogen) atoms. The number of nitrogens with zero attached hydrogens (tertiary/aromatic N) is 3. The monoisotopic (exact) mass is 274 g/mol. The van der Waals surface area contributed by atoms with Crippen LogP contribution in [0.5, 0.6) is 0 Å². The molecule has 1 aromatic heterocycles. The average molecular weight is 274 g/mol. The summed E-state index contributed by atoms with van der Waals surface area (Å²) in [5.74, 6) is 0.570. The van der Waals surface area contributed by atoms with Gasteiger partial charge in [-0.05, 0) is 25.7 Å². The molecule has 0 radical (unpaired) electrons. The number of primary sulfonamides is 1. The minimum Gasteiger partial charge on any atom is -0.370 e. The van der Waals surface area contributed by atoms with Crippen LogP contribution in [0.2, 0.25) is 0 Å². The number of hydrogen-bond donors (Lipinski definition) is 1. The van der Waals surface area contributed by atoms with Gasteiger partial charge in [-0.2, -0.15) is 0 Å². The van der Waals surface area contributed by atoms with Crippen molar-refractivity contribution >= 4 is 10.0 Å². The van der Waals surface area contributed by atoms with E-state index in [-0.39, 0.29) is 11.3 Å². The Balaban J connectivity index is 2.38. The summed E-state index contributed by atoms with van der Waals surface area (Å²) in [6.07, 6.45) is 3.52. The van der Waals surface area contributed by atoms with Gasteiger partial charge < -0.3 is 4.74 Å². The van der Waals surface area contributed by atoms with Gasteiger partial charge >= 0.3 is 0 Å². The molecular weight excluding hydrogens is 256 g/mol. The molecule has 102 valence electrons. The lowest BCUT2D eigenvalue weighted by molar-refractivity contribution is 0.00677. The Labute approximate surface area is 106 Å². The van der Waals surface area contributed by atoms with E-state index in [0.29, 0.717) is 19.0 Å². The molecule has 2 heterocycles. The topological polar surface area (TPSA) is 100 Å². The fourth-order valence-electron chi connectivity index (χ4n) is 2.13. The Bertz CT molecular complexity index is 505. The molecule has 8 heteroatoms. The van der Waals surface area contributed by atoms with Gasteiger partial charge in [0, 0.05) is 13.2 Å². The summed E-state index contributed by atoms with van der Waals surface area (Å²) >= 11 is 0. The summed E-state index contributed by atoms with van der Waals surface area (Å²) in [6, 6.07) is 0. The lowest BCUT2D eigenvalue weighted by atomic mass is 10.1. The molecule has 0 aliphatic carbocycles. The second-order valence-electron chi connectivity index (χ2n) is 4.39. The molecule has 0 aromatic carbocycles. The van der Waals surface area contributed by atoms with Crippen molar-refractivity contribution in [2.75, 3.05) is 6.61 Å². The molecule has 1 saturated heterocycles. The Morgan fingerprint density at radius 2 is 2.22 bits per heavy atom. The van der Waals surface area contributed by atoms with E-state index < -0.39 is 10.0 Å². The average Bonchev–Trinajstić information content (AvgIpc) is 2.74. The van der Waals surface area contributed by atoms with E-state index >= 15 is 0 Å². The molecule has 0 spiro atoms. The third-order valence-electron chi connectivity index (χ3n) is 2.91. The van der Waals surface area contributed by atoms with Gasteiger partial charge in [0.2, 0.25) is 0 Å². The van der Waals surface area contributed by atoms with E-state index in [1.54, 1.807) is 4.57 Å². The SMILES string of the molecule is CCCn1c(C2CCCCO2)nnc1S(N)(=O)=O. The fourth-order valence-corrected chi connectivity index (χ4v) is 2.77. The van der Waals surface area contributed by atoms with Crippen LogP contribution in [0.4, 0.5) is 0 Å². The Morgan fingerprint density at radius 3 is 2.78 bits per heavy atom. The van der Waals surface area contributed by atoms with Crippen molar-refractivity contribution in [1.29, 1.82) is 0 Å². The van der Waals surface area contributed by atoms with Crippen molar-refractivity contribution in [1.82, 2.24) is 14.8 Å². The van der Waals surface area contributed by atoms with Crippen molar-refractivity contribution in [3.8, 4) is 0 Å². The van der Waals surface area contributed by atoms with Crippen LogP contribution < -0.4 is 5.14 Å². The zero-order valence-corrected chi connectivity index (χ0v) is 11.2. The van der Waals surface area contributed by atoms with Gasteiger partial charge in [-0.1, -0.05) is 6.92 Å². The summed E-state index contributed by atoms with van der Waals surface area (Å²) in [6.45, 7) is 3.15. The van der Waals surface area contributed by atoms with Crippen molar-refractivity contribution in [3.63, 3.8) is 0 Å². The highest BCUT2D eigenvalue weighted by molar-refractivity contribution is 7.89. The van der Waals surface area contributed by atoms with Crippen LogP contribution in [0.3, 0.4) is 0 Å². The number of ether oxygens (including phenoxy) is 1. The maximum Gasteiger partial charge on any atom is 0.273 e. The van der Waals surface area contributed by atoms with Gasteiger partial charge in [0.15, 0.2) is 5.82 Å². The number of rotatable bonds is 4. The Hall–Kier alpha value is -0.990. The minimum absolute atomic E-state index is 0.173. The highest BCUT2D eigenvalue weighted by Gasteiger charge is 2.27. The smallest absolute Gasteiger partial charge is 0.273 e. The maximum absolute atomic E-state index is 11.4. The number of nitrogens with two attached hydrogens (primary N) is 1. The third-order valence-corrected chi connectivity index (χ3v) is 3.73. The predicted octanol–water partition coefficient (Wildman–Crippen LogP) is 0.577. The fraction of sp³-hybridized carbons (Fsp3) is 0.800. The summed E-state index contributed by atoms with van der Waals surface area (Å²) < 4.78 is 30.1. The number of sulfonamides is 1. The molecule has 1 fully saturated rings. The van der Waals surface area contributed by atoms with E-state index in [1.807, 2.05) is 6.92 Å². The van der Waals surface area contributed by atoms with E-state index in [4.69, 9.17) is 9.88 Å². The number of hydrogen-bond acceptors (Lipinski definition) is 5. The molecule has 0 saturated carbocycles. The molecular formula is C10H18N4O3S. The molecule has 2 N–H and O–H groups in total. The summed E-state index contributed by atoms with van der Waals surface area (Å²) in [5, 5.41) is 12.6. The lowest BCUT2D eigenvalue weighted by Gasteiger charge is -2.22. The van der Waals surface area contributed by atoms with E-state index in [2.05, 4.69) is 10.2 Å². The highest BCUT2D eigenvalue weighted by Crippen LogP contribution is 2.27. The third kappa shape index (κ3) is 2.70. The zero-order valence-electron chi connectivity index (χ0n) is 10.4. The first-order valence-corrected chi connectivity index (χ1v) is 7.66.